The molecule has 0 aromatic heterocycles. The van der Waals surface area contributed by atoms with Crippen LogP contribution in [0.1, 0.15) is 49.9 Å². The molecule has 1 fully saturated rings. The van der Waals surface area contributed by atoms with E-state index in [1.54, 1.807) is 41.3 Å². The van der Waals surface area contributed by atoms with E-state index in [9.17, 15) is 24.3 Å². The Morgan fingerprint density at radius 2 is 1.64 bits per heavy atom. The van der Waals surface area contributed by atoms with E-state index >= 15 is 0 Å². The Labute approximate surface area is 223 Å². The van der Waals surface area contributed by atoms with Crippen LogP contribution in [0.3, 0.4) is 0 Å². The van der Waals surface area contributed by atoms with Gasteiger partial charge in [-0.1, -0.05) is 53.6 Å². The maximum Gasteiger partial charge on any atom is 0.261 e. The maximum absolute atomic E-state index is 13.9. The fourth-order valence-corrected chi connectivity index (χ4v) is 5.88. The first-order chi connectivity index (χ1) is 19.0. The van der Waals surface area contributed by atoms with Crippen molar-refractivity contribution in [1.29, 1.82) is 0 Å². The number of ether oxygens (including phenoxy) is 1. The molecule has 1 saturated heterocycles. The predicted octanol–water partition coefficient (Wildman–Crippen LogP) is 4.43. The van der Waals surface area contributed by atoms with E-state index in [1.165, 1.54) is 12.1 Å². The molecule has 0 saturated carbocycles. The molecule has 0 aliphatic carbocycles. The van der Waals surface area contributed by atoms with Crippen molar-refractivity contribution in [2.45, 2.75) is 37.1 Å². The van der Waals surface area contributed by atoms with Crippen LogP contribution in [0.4, 0.5) is 4.39 Å². The SMILES string of the molecule is [N-]=[N+]=NC1C[C@H](C(=O)N2CCc3ccccc3[C@@H]2c2ccc(F)cc2)OC[C@H]1N1C(=O)c2ccccc2C1=O. The molecule has 3 aromatic rings. The average Bonchev–Trinajstić information content (AvgIpc) is 3.22. The van der Waals surface area contributed by atoms with Crippen molar-refractivity contribution in [2.24, 2.45) is 5.11 Å². The normalized spacial score (nSPS) is 24.1. The zero-order valence-corrected chi connectivity index (χ0v) is 20.8. The van der Waals surface area contributed by atoms with Gasteiger partial charge in [0.05, 0.1) is 35.9 Å². The molecule has 10 heteroatoms. The highest BCUT2D eigenvalue weighted by molar-refractivity contribution is 6.21. The first-order valence-corrected chi connectivity index (χ1v) is 12.7. The van der Waals surface area contributed by atoms with Gasteiger partial charge in [-0.3, -0.25) is 19.3 Å². The van der Waals surface area contributed by atoms with Crippen molar-refractivity contribution < 1.29 is 23.5 Å². The Hall–Kier alpha value is -4.53. The number of azide groups is 1. The lowest BCUT2D eigenvalue weighted by atomic mass is 9.87. The molecule has 0 spiro atoms. The first-order valence-electron chi connectivity index (χ1n) is 12.7. The molecular formula is C29H24FN5O4. The topological polar surface area (TPSA) is 116 Å². The number of rotatable bonds is 4. The van der Waals surface area contributed by atoms with Crippen molar-refractivity contribution in [3.8, 4) is 0 Å². The van der Waals surface area contributed by atoms with Gasteiger partial charge in [0.2, 0.25) is 0 Å². The monoisotopic (exact) mass is 525 g/mol. The number of carbonyl (C=O) groups excluding carboxylic acids is 3. The van der Waals surface area contributed by atoms with Crippen LogP contribution in [0.2, 0.25) is 0 Å². The number of amides is 3. The van der Waals surface area contributed by atoms with Crippen LogP contribution < -0.4 is 0 Å². The number of benzene rings is 3. The number of carbonyl (C=O) groups is 3. The predicted molar refractivity (Wildman–Crippen MR) is 138 cm³/mol. The van der Waals surface area contributed by atoms with Crippen molar-refractivity contribution in [3.63, 3.8) is 0 Å². The van der Waals surface area contributed by atoms with Gasteiger partial charge in [-0.2, -0.15) is 0 Å². The summed E-state index contributed by atoms with van der Waals surface area (Å²) in [4.78, 5) is 45.8. The Balaban J connectivity index is 1.28. The lowest BCUT2D eigenvalue weighted by Gasteiger charge is -2.42. The zero-order chi connectivity index (χ0) is 27.1. The summed E-state index contributed by atoms with van der Waals surface area (Å²) in [5.74, 6) is -1.61. The summed E-state index contributed by atoms with van der Waals surface area (Å²) in [6.45, 7) is 0.281. The number of fused-ring (bicyclic) bond motifs is 2. The maximum atomic E-state index is 13.9. The summed E-state index contributed by atoms with van der Waals surface area (Å²) in [7, 11) is 0. The van der Waals surface area contributed by atoms with Gasteiger partial charge in [0.1, 0.15) is 11.9 Å². The highest BCUT2D eigenvalue weighted by Crippen LogP contribution is 2.37. The highest BCUT2D eigenvalue weighted by Gasteiger charge is 2.47. The third kappa shape index (κ3) is 4.24. The molecule has 4 atom stereocenters. The third-order valence-electron chi connectivity index (χ3n) is 7.75. The number of nitrogens with zero attached hydrogens (tertiary/aromatic N) is 5. The molecule has 3 aliphatic rings. The van der Waals surface area contributed by atoms with Crippen molar-refractivity contribution in [2.75, 3.05) is 13.2 Å². The minimum absolute atomic E-state index is 0.00918. The first kappa shape index (κ1) is 24.8. The van der Waals surface area contributed by atoms with Crippen LogP contribution in [0.25, 0.3) is 10.4 Å². The highest BCUT2D eigenvalue weighted by atomic mass is 19.1. The molecule has 1 unspecified atom stereocenters. The molecule has 0 bridgehead atoms. The van der Waals surface area contributed by atoms with Crippen LogP contribution in [-0.2, 0) is 16.0 Å². The summed E-state index contributed by atoms with van der Waals surface area (Å²) in [5, 5.41) is 3.88. The molecule has 0 radical (unpaired) electrons. The summed E-state index contributed by atoms with van der Waals surface area (Å²) in [6.07, 6.45) is -0.293. The summed E-state index contributed by atoms with van der Waals surface area (Å²) in [6, 6.07) is 18.3. The summed E-state index contributed by atoms with van der Waals surface area (Å²) >= 11 is 0. The number of halogens is 1. The molecule has 39 heavy (non-hydrogen) atoms. The van der Waals surface area contributed by atoms with Gasteiger partial charge in [0.25, 0.3) is 17.7 Å². The van der Waals surface area contributed by atoms with Crippen molar-refractivity contribution in [1.82, 2.24) is 9.80 Å². The van der Waals surface area contributed by atoms with Gasteiger partial charge in [-0.05, 0) is 59.3 Å². The molecule has 0 N–H and O–H groups in total. The fraction of sp³-hybridized carbons (Fsp3) is 0.276. The van der Waals surface area contributed by atoms with E-state index in [1.807, 2.05) is 24.3 Å². The van der Waals surface area contributed by atoms with E-state index in [2.05, 4.69) is 10.0 Å². The molecule has 3 amide bonds. The second kappa shape index (κ2) is 9.98. The van der Waals surface area contributed by atoms with Gasteiger partial charge < -0.3 is 9.64 Å². The van der Waals surface area contributed by atoms with Crippen LogP contribution in [0.5, 0.6) is 0 Å². The minimum atomic E-state index is -0.944. The van der Waals surface area contributed by atoms with Crippen LogP contribution >= 0.6 is 0 Å². The lowest BCUT2D eigenvalue weighted by Crippen LogP contribution is -2.56. The van der Waals surface area contributed by atoms with Gasteiger partial charge >= 0.3 is 0 Å². The summed E-state index contributed by atoms with van der Waals surface area (Å²) < 4.78 is 19.7. The number of hydrogen-bond acceptors (Lipinski definition) is 5. The van der Waals surface area contributed by atoms with E-state index < -0.39 is 36.0 Å². The van der Waals surface area contributed by atoms with E-state index in [0.717, 1.165) is 21.6 Å². The van der Waals surface area contributed by atoms with Crippen molar-refractivity contribution >= 4 is 17.7 Å². The van der Waals surface area contributed by atoms with Crippen LogP contribution in [0, 0.1) is 5.82 Å². The molecular weight excluding hydrogens is 501 g/mol. The van der Waals surface area contributed by atoms with E-state index in [-0.39, 0.29) is 35.9 Å². The second-order valence-electron chi connectivity index (χ2n) is 9.86. The lowest BCUT2D eigenvalue weighted by molar-refractivity contribution is -0.151. The third-order valence-corrected chi connectivity index (χ3v) is 7.75. The quantitative estimate of drug-likeness (QED) is 0.217. The molecule has 3 aromatic carbocycles. The Kier molecular flexibility index (Phi) is 6.34. The minimum Gasteiger partial charge on any atom is -0.366 e. The Bertz CT molecular complexity index is 1490. The zero-order valence-electron chi connectivity index (χ0n) is 20.8. The smallest absolute Gasteiger partial charge is 0.261 e. The van der Waals surface area contributed by atoms with Crippen LogP contribution in [0.15, 0.2) is 77.9 Å². The average molecular weight is 526 g/mol. The molecule has 196 valence electrons. The van der Waals surface area contributed by atoms with Gasteiger partial charge in [-0.25, -0.2) is 4.39 Å². The molecule has 6 rings (SSSR count). The summed E-state index contributed by atoms with van der Waals surface area (Å²) in [5.41, 5.74) is 12.7. The van der Waals surface area contributed by atoms with E-state index in [0.29, 0.717) is 13.0 Å². The van der Waals surface area contributed by atoms with Crippen LogP contribution in [-0.4, -0.2) is 58.9 Å². The van der Waals surface area contributed by atoms with Gasteiger partial charge in [0, 0.05) is 11.5 Å². The molecule has 3 aliphatic heterocycles. The Morgan fingerprint density at radius 1 is 0.974 bits per heavy atom. The number of hydrogen-bond donors (Lipinski definition) is 0. The van der Waals surface area contributed by atoms with Gasteiger partial charge in [-0.15, -0.1) is 0 Å². The standard InChI is InChI=1S/C29H24FN5O4/c30-19-11-9-18(10-12-19)26-20-6-2-1-5-17(20)13-14-34(26)29(38)25-15-23(32-33-31)24(16-39-25)35-27(36)21-7-3-4-8-22(21)28(35)37/h1-12,23-26H,13-16H2/t23?,24-,25-,26+/m1/s1. The largest absolute Gasteiger partial charge is 0.366 e. The van der Waals surface area contributed by atoms with Crippen molar-refractivity contribution in [3.05, 3.63) is 117 Å². The number of imide groups is 1. The molecule has 3 heterocycles. The Morgan fingerprint density at radius 3 is 2.33 bits per heavy atom. The second-order valence-corrected chi connectivity index (χ2v) is 9.86. The fourth-order valence-electron chi connectivity index (χ4n) is 5.88. The van der Waals surface area contributed by atoms with E-state index in [4.69, 9.17) is 4.74 Å². The van der Waals surface area contributed by atoms with Gasteiger partial charge in [0.15, 0.2) is 0 Å². The molecule has 9 nitrogen and oxygen atoms in total.